The zero-order valence-corrected chi connectivity index (χ0v) is 10.6. The highest BCUT2D eigenvalue weighted by atomic mass is 32.2. The van der Waals surface area contributed by atoms with Crippen LogP contribution < -0.4 is 5.14 Å². The second kappa shape index (κ2) is 5.94. The third-order valence-corrected chi connectivity index (χ3v) is 3.58. The lowest BCUT2D eigenvalue weighted by Gasteiger charge is -2.01. The fraction of sp³-hybridized carbons (Fsp3) is 0.375. The number of sulfonamides is 1. The molecule has 1 rings (SSSR count). The minimum absolute atomic E-state index is 0.0619. The number of nitrogens with two attached hydrogens (primary N) is 1. The van der Waals surface area contributed by atoms with Crippen molar-refractivity contribution < 1.29 is 17.9 Å². The largest absolute Gasteiger partial charge is 0.463 e. The average Bonchev–Trinajstić information content (AvgIpc) is 2.27. The van der Waals surface area contributed by atoms with Crippen molar-refractivity contribution in [1.29, 1.82) is 0 Å². The van der Waals surface area contributed by atoms with Crippen molar-refractivity contribution in [3.63, 3.8) is 0 Å². The third-order valence-electron chi connectivity index (χ3n) is 1.62. The van der Waals surface area contributed by atoms with Gasteiger partial charge in [0.2, 0.25) is 15.8 Å². The molecule has 0 unspecified atom stereocenters. The van der Waals surface area contributed by atoms with Crippen molar-refractivity contribution in [1.82, 2.24) is 9.97 Å². The van der Waals surface area contributed by atoms with Crippen molar-refractivity contribution >= 4 is 27.8 Å². The Labute approximate surface area is 103 Å². The Kier molecular flexibility index (Phi) is 4.85. The first-order valence-corrected chi connectivity index (χ1v) is 7.17. The molecule has 0 radical (unpaired) electrons. The van der Waals surface area contributed by atoms with E-state index in [0.717, 1.165) is 0 Å². The first-order valence-electron chi connectivity index (χ1n) is 4.47. The lowest BCUT2D eigenvalue weighted by molar-refractivity contribution is 0.0585. The molecule has 1 heterocycles. The summed E-state index contributed by atoms with van der Waals surface area (Å²) in [4.78, 5) is 18.8. The quantitative estimate of drug-likeness (QED) is 0.444. The van der Waals surface area contributed by atoms with Crippen molar-refractivity contribution in [2.75, 3.05) is 18.6 Å². The topological polar surface area (TPSA) is 112 Å². The summed E-state index contributed by atoms with van der Waals surface area (Å²) in [7, 11) is -2.25. The minimum atomic E-state index is -3.48. The number of hydrogen-bond acceptors (Lipinski definition) is 7. The highest BCUT2D eigenvalue weighted by Crippen LogP contribution is 2.14. The standard InChI is InChI=1S/C8H11N3O4S2/c1-15-8(12)7-10-3-2-6(11-7)16-4-5-17(9,13)14/h2-3H,4-5H2,1H3,(H2,9,13,14). The van der Waals surface area contributed by atoms with Gasteiger partial charge in [0.1, 0.15) is 5.03 Å². The van der Waals surface area contributed by atoms with Gasteiger partial charge in [-0.3, -0.25) is 0 Å². The Balaban J connectivity index is 2.63. The smallest absolute Gasteiger partial charge is 0.376 e. The van der Waals surface area contributed by atoms with Crippen molar-refractivity contribution in [2.24, 2.45) is 5.14 Å². The van der Waals surface area contributed by atoms with Gasteiger partial charge in [0.05, 0.1) is 12.9 Å². The van der Waals surface area contributed by atoms with Crippen LogP contribution in [0.25, 0.3) is 0 Å². The third kappa shape index (κ3) is 5.11. The fourth-order valence-electron chi connectivity index (χ4n) is 0.875. The number of thioether (sulfide) groups is 1. The van der Waals surface area contributed by atoms with E-state index in [9.17, 15) is 13.2 Å². The highest BCUT2D eigenvalue weighted by Gasteiger charge is 2.10. The number of esters is 1. The van der Waals surface area contributed by atoms with Gasteiger partial charge in [0, 0.05) is 11.9 Å². The first kappa shape index (κ1) is 13.9. The lowest BCUT2D eigenvalue weighted by Crippen LogP contribution is -2.17. The van der Waals surface area contributed by atoms with Gasteiger partial charge in [-0.15, -0.1) is 11.8 Å². The summed E-state index contributed by atoms with van der Waals surface area (Å²) in [5.74, 6) is -0.599. The molecular weight excluding hydrogens is 266 g/mol. The summed E-state index contributed by atoms with van der Waals surface area (Å²) < 4.78 is 25.9. The number of rotatable bonds is 5. The van der Waals surface area contributed by atoms with Gasteiger partial charge in [-0.2, -0.15) is 0 Å². The van der Waals surface area contributed by atoms with Crippen LogP contribution in [0.4, 0.5) is 0 Å². The van der Waals surface area contributed by atoms with Crippen LogP contribution in [0.15, 0.2) is 17.3 Å². The molecule has 1 aromatic heterocycles. The summed E-state index contributed by atoms with van der Waals surface area (Å²) in [6.45, 7) is 0. The molecule has 0 spiro atoms. The molecule has 1 aromatic rings. The number of carbonyl (C=O) groups excluding carboxylic acids is 1. The maximum atomic E-state index is 11.1. The Morgan fingerprint density at radius 1 is 1.59 bits per heavy atom. The van der Waals surface area contributed by atoms with Crippen LogP contribution in [0.3, 0.4) is 0 Å². The molecule has 17 heavy (non-hydrogen) atoms. The van der Waals surface area contributed by atoms with Crippen molar-refractivity contribution in [2.45, 2.75) is 5.03 Å². The number of primary sulfonamides is 1. The molecule has 2 N–H and O–H groups in total. The van der Waals surface area contributed by atoms with Gasteiger partial charge in [0.15, 0.2) is 0 Å². The Bertz CT molecular complexity index is 503. The summed E-state index contributed by atoms with van der Waals surface area (Å²) >= 11 is 1.17. The summed E-state index contributed by atoms with van der Waals surface area (Å²) in [6.07, 6.45) is 1.40. The molecule has 0 saturated carbocycles. The Hall–Kier alpha value is -1.19. The molecule has 7 nitrogen and oxygen atoms in total. The van der Waals surface area contributed by atoms with E-state index >= 15 is 0 Å². The van der Waals surface area contributed by atoms with E-state index in [-0.39, 0.29) is 17.3 Å². The lowest BCUT2D eigenvalue weighted by atomic mass is 10.5. The Morgan fingerprint density at radius 2 is 2.29 bits per heavy atom. The molecule has 0 aromatic carbocycles. The van der Waals surface area contributed by atoms with Crippen LogP contribution in [0.1, 0.15) is 10.6 Å². The molecule has 0 aliphatic rings. The van der Waals surface area contributed by atoms with Crippen LogP contribution in [0, 0.1) is 0 Å². The molecule has 0 bridgehead atoms. The van der Waals surface area contributed by atoms with Crippen LogP contribution >= 0.6 is 11.8 Å². The molecular formula is C8H11N3O4S2. The van der Waals surface area contributed by atoms with Gasteiger partial charge in [-0.25, -0.2) is 28.3 Å². The molecule has 0 aliphatic carbocycles. The maximum absolute atomic E-state index is 11.1. The predicted molar refractivity (Wildman–Crippen MR) is 62.1 cm³/mol. The number of aromatic nitrogens is 2. The van der Waals surface area contributed by atoms with Crippen LogP contribution in [0.2, 0.25) is 0 Å². The zero-order valence-electron chi connectivity index (χ0n) is 8.99. The molecule has 0 aliphatic heterocycles. The summed E-state index contributed by atoms with van der Waals surface area (Å²) in [5.41, 5.74) is 0. The van der Waals surface area contributed by atoms with Gasteiger partial charge in [-0.05, 0) is 6.07 Å². The predicted octanol–water partition coefficient (Wildman–Crippen LogP) is -0.356. The number of methoxy groups -OCH3 is 1. The van der Waals surface area contributed by atoms with Crippen LogP contribution in [-0.4, -0.2) is 43.0 Å². The van der Waals surface area contributed by atoms with E-state index in [1.807, 2.05) is 0 Å². The first-order chi connectivity index (χ1) is 7.92. The van der Waals surface area contributed by atoms with E-state index in [1.165, 1.54) is 25.1 Å². The number of hydrogen-bond donors (Lipinski definition) is 1. The Morgan fingerprint density at radius 3 is 2.88 bits per heavy atom. The molecule has 0 saturated heterocycles. The average molecular weight is 277 g/mol. The van der Waals surface area contributed by atoms with Crippen molar-refractivity contribution in [3.8, 4) is 0 Å². The van der Waals surface area contributed by atoms with E-state index < -0.39 is 16.0 Å². The summed E-state index contributed by atoms with van der Waals surface area (Å²) in [5, 5.41) is 5.34. The zero-order chi connectivity index (χ0) is 12.9. The molecule has 0 fully saturated rings. The van der Waals surface area contributed by atoms with E-state index in [4.69, 9.17) is 5.14 Å². The van der Waals surface area contributed by atoms with Crippen LogP contribution in [0.5, 0.6) is 0 Å². The number of carbonyl (C=O) groups is 1. The monoisotopic (exact) mass is 277 g/mol. The van der Waals surface area contributed by atoms with Gasteiger partial charge >= 0.3 is 5.97 Å². The van der Waals surface area contributed by atoms with E-state index in [1.54, 1.807) is 6.07 Å². The molecule has 0 amide bonds. The molecule has 94 valence electrons. The minimum Gasteiger partial charge on any atom is -0.463 e. The molecule has 0 atom stereocenters. The van der Waals surface area contributed by atoms with Crippen LogP contribution in [-0.2, 0) is 14.8 Å². The van der Waals surface area contributed by atoms with Gasteiger partial charge in [0.25, 0.3) is 0 Å². The van der Waals surface area contributed by atoms with Crippen molar-refractivity contribution in [3.05, 3.63) is 18.1 Å². The van der Waals surface area contributed by atoms with E-state index in [2.05, 4.69) is 14.7 Å². The number of nitrogens with zero attached hydrogens (tertiary/aromatic N) is 2. The fourth-order valence-corrected chi connectivity index (χ4v) is 2.65. The van der Waals surface area contributed by atoms with Gasteiger partial charge in [-0.1, -0.05) is 0 Å². The summed E-state index contributed by atoms with van der Waals surface area (Å²) in [6, 6.07) is 1.57. The molecule has 9 heteroatoms. The second-order valence-electron chi connectivity index (χ2n) is 2.93. The normalized spacial score (nSPS) is 11.2. The number of ether oxygens (including phenoxy) is 1. The highest BCUT2D eigenvalue weighted by molar-refractivity contribution is 8.00. The SMILES string of the molecule is COC(=O)c1nccc(SCCS(N)(=O)=O)n1. The maximum Gasteiger partial charge on any atom is 0.376 e. The van der Waals surface area contributed by atoms with E-state index in [0.29, 0.717) is 5.03 Å². The second-order valence-corrected chi connectivity index (χ2v) is 5.77. The van der Waals surface area contributed by atoms with Gasteiger partial charge < -0.3 is 4.74 Å².